The zero-order chi connectivity index (χ0) is 13.8. The highest BCUT2D eigenvalue weighted by molar-refractivity contribution is 9.10. The molecule has 0 fully saturated rings. The van der Waals surface area contributed by atoms with Crippen molar-refractivity contribution in [2.45, 2.75) is 6.92 Å². The molecule has 7 heteroatoms. The van der Waals surface area contributed by atoms with Gasteiger partial charge in [0.05, 0.1) is 4.92 Å². The van der Waals surface area contributed by atoms with Gasteiger partial charge in [0.2, 0.25) is 5.95 Å². The van der Waals surface area contributed by atoms with Crippen LogP contribution in [0, 0.1) is 10.1 Å². The molecule has 0 saturated carbocycles. The number of nitro groups is 1. The molecule has 98 valence electrons. The maximum atomic E-state index is 11.1. The van der Waals surface area contributed by atoms with Gasteiger partial charge in [-0.25, -0.2) is 9.97 Å². The summed E-state index contributed by atoms with van der Waals surface area (Å²) in [5.74, 6) is 0.374. The van der Waals surface area contributed by atoms with Crippen molar-refractivity contribution < 1.29 is 4.92 Å². The lowest BCUT2D eigenvalue weighted by Crippen LogP contribution is -2.05. The monoisotopic (exact) mass is 322 g/mol. The van der Waals surface area contributed by atoms with E-state index < -0.39 is 4.92 Å². The van der Waals surface area contributed by atoms with Crippen LogP contribution in [-0.2, 0) is 0 Å². The molecule has 0 unspecified atom stereocenters. The first kappa shape index (κ1) is 13.4. The quantitative estimate of drug-likeness (QED) is 0.690. The summed E-state index contributed by atoms with van der Waals surface area (Å²) in [7, 11) is 0. The normalized spacial score (nSPS) is 10.2. The Morgan fingerprint density at radius 3 is 2.79 bits per heavy atom. The number of anilines is 1. The molecule has 6 nitrogen and oxygen atoms in total. The van der Waals surface area contributed by atoms with Gasteiger partial charge < -0.3 is 5.32 Å². The number of aromatic nitrogens is 2. The molecule has 19 heavy (non-hydrogen) atoms. The van der Waals surface area contributed by atoms with Gasteiger partial charge in [-0.05, 0) is 13.0 Å². The summed E-state index contributed by atoms with van der Waals surface area (Å²) in [6, 6.07) is 7.23. The molecule has 1 aromatic carbocycles. The lowest BCUT2D eigenvalue weighted by molar-refractivity contribution is -0.384. The van der Waals surface area contributed by atoms with Gasteiger partial charge in [-0.1, -0.05) is 34.1 Å². The maximum Gasteiger partial charge on any atom is 0.313 e. The van der Waals surface area contributed by atoms with Crippen molar-refractivity contribution in [1.29, 1.82) is 0 Å². The number of nitrogens with zero attached hydrogens (tertiary/aromatic N) is 3. The van der Waals surface area contributed by atoms with Gasteiger partial charge in [-0.3, -0.25) is 10.1 Å². The van der Waals surface area contributed by atoms with Gasteiger partial charge in [0.1, 0.15) is 6.20 Å². The van der Waals surface area contributed by atoms with Crippen LogP contribution < -0.4 is 5.32 Å². The molecule has 0 radical (unpaired) electrons. The zero-order valence-electron chi connectivity index (χ0n) is 10.1. The van der Waals surface area contributed by atoms with Crippen LogP contribution in [0.15, 0.2) is 34.9 Å². The van der Waals surface area contributed by atoms with Crippen LogP contribution in [0.1, 0.15) is 6.92 Å². The standard InChI is InChI=1S/C12H11BrN4O2/c1-2-14-12-15-7-10(17(18)19)11(16-12)8-5-3-4-6-9(8)13/h3-7H,2H2,1H3,(H,14,15,16). The molecule has 0 aliphatic heterocycles. The Labute approximate surface area is 118 Å². The van der Waals surface area contributed by atoms with E-state index in [4.69, 9.17) is 0 Å². The van der Waals surface area contributed by atoms with E-state index in [-0.39, 0.29) is 5.69 Å². The third-order valence-corrected chi connectivity index (χ3v) is 3.12. The number of halogens is 1. The first-order valence-corrected chi connectivity index (χ1v) is 6.43. The molecule has 0 aliphatic carbocycles. The summed E-state index contributed by atoms with van der Waals surface area (Å²) >= 11 is 3.38. The zero-order valence-corrected chi connectivity index (χ0v) is 11.7. The van der Waals surface area contributed by atoms with Crippen molar-refractivity contribution >= 4 is 27.6 Å². The lowest BCUT2D eigenvalue weighted by atomic mass is 10.1. The molecule has 0 bridgehead atoms. The number of nitrogens with one attached hydrogen (secondary N) is 1. The van der Waals surface area contributed by atoms with Gasteiger partial charge in [-0.15, -0.1) is 0 Å². The van der Waals surface area contributed by atoms with E-state index in [1.54, 1.807) is 12.1 Å². The van der Waals surface area contributed by atoms with Crippen LogP contribution in [-0.4, -0.2) is 21.4 Å². The van der Waals surface area contributed by atoms with Gasteiger partial charge in [0, 0.05) is 16.6 Å². The Balaban J connectivity index is 2.61. The Hall–Kier alpha value is -2.02. The minimum Gasteiger partial charge on any atom is -0.354 e. The van der Waals surface area contributed by atoms with Crippen molar-refractivity contribution in [1.82, 2.24) is 9.97 Å². The smallest absolute Gasteiger partial charge is 0.313 e. The van der Waals surface area contributed by atoms with E-state index in [9.17, 15) is 10.1 Å². The van der Waals surface area contributed by atoms with Gasteiger partial charge in [0.25, 0.3) is 0 Å². The van der Waals surface area contributed by atoms with Crippen molar-refractivity contribution in [3.05, 3.63) is 45.0 Å². The third kappa shape index (κ3) is 2.87. The highest BCUT2D eigenvalue weighted by Gasteiger charge is 2.20. The fraction of sp³-hybridized carbons (Fsp3) is 0.167. The Kier molecular flexibility index (Phi) is 4.06. The average molecular weight is 323 g/mol. The Morgan fingerprint density at radius 1 is 1.42 bits per heavy atom. The van der Waals surface area contributed by atoms with Crippen LogP contribution in [0.5, 0.6) is 0 Å². The highest BCUT2D eigenvalue weighted by atomic mass is 79.9. The first-order valence-electron chi connectivity index (χ1n) is 5.63. The van der Waals surface area contributed by atoms with Crippen molar-refractivity contribution in [3.63, 3.8) is 0 Å². The van der Waals surface area contributed by atoms with E-state index in [2.05, 4.69) is 31.2 Å². The van der Waals surface area contributed by atoms with E-state index in [0.29, 0.717) is 23.8 Å². The van der Waals surface area contributed by atoms with E-state index >= 15 is 0 Å². The van der Waals surface area contributed by atoms with Crippen molar-refractivity contribution in [2.75, 3.05) is 11.9 Å². The number of hydrogen-bond donors (Lipinski definition) is 1. The Bertz CT molecular complexity index is 618. The summed E-state index contributed by atoms with van der Waals surface area (Å²) < 4.78 is 0.749. The van der Waals surface area contributed by atoms with E-state index in [1.165, 1.54) is 6.20 Å². The molecule has 0 saturated heterocycles. The molecule has 2 rings (SSSR count). The maximum absolute atomic E-state index is 11.1. The predicted octanol–water partition coefficient (Wildman–Crippen LogP) is 3.25. The summed E-state index contributed by atoms with van der Waals surface area (Å²) in [5.41, 5.74) is 0.840. The summed E-state index contributed by atoms with van der Waals surface area (Å²) in [5, 5.41) is 14.0. The minimum absolute atomic E-state index is 0.117. The SMILES string of the molecule is CCNc1ncc([N+](=O)[O-])c(-c2ccccc2Br)n1. The van der Waals surface area contributed by atoms with Crippen LogP contribution in [0.25, 0.3) is 11.3 Å². The van der Waals surface area contributed by atoms with Crippen LogP contribution in [0.2, 0.25) is 0 Å². The largest absolute Gasteiger partial charge is 0.354 e. The summed E-state index contributed by atoms with van der Waals surface area (Å²) in [4.78, 5) is 18.7. The first-order chi connectivity index (χ1) is 9.13. The number of rotatable bonds is 4. The van der Waals surface area contributed by atoms with Gasteiger partial charge >= 0.3 is 5.69 Å². The summed E-state index contributed by atoms with van der Waals surface area (Å²) in [6.45, 7) is 2.55. The molecule has 1 aromatic heterocycles. The minimum atomic E-state index is -0.482. The van der Waals surface area contributed by atoms with Gasteiger partial charge in [-0.2, -0.15) is 0 Å². The molecule has 0 atom stereocenters. The molecule has 0 amide bonds. The fourth-order valence-corrected chi connectivity index (χ4v) is 2.08. The van der Waals surface area contributed by atoms with E-state index in [1.807, 2.05) is 19.1 Å². The second-order valence-corrected chi connectivity index (χ2v) is 4.55. The molecule has 0 aliphatic rings. The van der Waals surface area contributed by atoms with Crippen LogP contribution >= 0.6 is 15.9 Å². The average Bonchev–Trinajstić information content (AvgIpc) is 2.39. The summed E-state index contributed by atoms with van der Waals surface area (Å²) in [6.07, 6.45) is 1.22. The Morgan fingerprint density at radius 2 is 2.16 bits per heavy atom. The number of benzene rings is 1. The molecular formula is C12H11BrN4O2. The lowest BCUT2D eigenvalue weighted by Gasteiger charge is -2.07. The molecule has 1 heterocycles. The second-order valence-electron chi connectivity index (χ2n) is 3.69. The van der Waals surface area contributed by atoms with Crippen molar-refractivity contribution in [3.8, 4) is 11.3 Å². The predicted molar refractivity (Wildman–Crippen MR) is 76.0 cm³/mol. The van der Waals surface area contributed by atoms with Gasteiger partial charge in [0.15, 0.2) is 5.69 Å². The number of hydrogen-bond acceptors (Lipinski definition) is 5. The fourth-order valence-electron chi connectivity index (χ4n) is 1.60. The van der Waals surface area contributed by atoms with Crippen LogP contribution in [0.3, 0.4) is 0 Å². The molecule has 0 spiro atoms. The van der Waals surface area contributed by atoms with Crippen molar-refractivity contribution in [2.24, 2.45) is 0 Å². The third-order valence-electron chi connectivity index (χ3n) is 2.43. The highest BCUT2D eigenvalue weighted by Crippen LogP contribution is 2.33. The van der Waals surface area contributed by atoms with Crippen LogP contribution in [0.4, 0.5) is 11.6 Å². The molecular weight excluding hydrogens is 312 g/mol. The topological polar surface area (TPSA) is 81.0 Å². The molecule has 2 aromatic rings. The second kappa shape index (κ2) is 5.75. The van der Waals surface area contributed by atoms with E-state index in [0.717, 1.165) is 4.47 Å². The molecule has 1 N–H and O–H groups in total.